The number of rotatable bonds is 3. The summed E-state index contributed by atoms with van der Waals surface area (Å²) < 4.78 is 40.6. The summed E-state index contributed by atoms with van der Waals surface area (Å²) in [5, 5.41) is 2.18. The van der Waals surface area contributed by atoms with Gasteiger partial charge < -0.3 is 10.7 Å². The molecule has 0 fully saturated rings. The lowest BCUT2D eigenvalue weighted by molar-refractivity contribution is 0.102. The highest BCUT2D eigenvalue weighted by Gasteiger charge is 2.17. The molecule has 0 aliphatic heterocycles. The lowest BCUT2D eigenvalue weighted by Gasteiger charge is -2.11. The Morgan fingerprint density at radius 2 is 1.81 bits per heavy atom. The topological polar surface area (TPSA) is 67.2 Å². The van der Waals surface area contributed by atoms with E-state index in [1.54, 1.807) is 0 Å². The van der Waals surface area contributed by atoms with E-state index in [1.165, 1.54) is 19.1 Å². The summed E-state index contributed by atoms with van der Waals surface area (Å²) in [6.45, 7) is 1.40. The van der Waals surface area contributed by atoms with Crippen molar-refractivity contribution in [2.75, 3.05) is 10.7 Å². The van der Waals surface area contributed by atoms with Crippen LogP contribution < -0.4 is 16.6 Å². The molecule has 0 aliphatic carbocycles. The summed E-state index contributed by atoms with van der Waals surface area (Å²) in [5.74, 6) is 2.15. The Kier molecular flexibility index (Phi) is 4.13. The van der Waals surface area contributed by atoms with Crippen molar-refractivity contribution in [3.05, 3.63) is 58.9 Å². The molecular formula is C14H12F3N3O. The van der Waals surface area contributed by atoms with E-state index >= 15 is 0 Å². The molecule has 110 valence electrons. The maximum Gasteiger partial charge on any atom is 0.258 e. The van der Waals surface area contributed by atoms with E-state index in [-0.39, 0.29) is 22.5 Å². The number of aryl methyl sites for hydroxylation is 1. The first kappa shape index (κ1) is 14.9. The lowest BCUT2D eigenvalue weighted by atomic mass is 10.1. The fraction of sp³-hybridized carbons (Fsp3) is 0.0714. The Labute approximate surface area is 118 Å². The third-order valence-electron chi connectivity index (χ3n) is 2.90. The first-order valence-electron chi connectivity index (χ1n) is 5.96. The second-order valence-electron chi connectivity index (χ2n) is 4.34. The number of halogens is 3. The molecule has 0 atom stereocenters. The normalized spacial score (nSPS) is 10.3. The minimum absolute atomic E-state index is 0.112. The van der Waals surface area contributed by atoms with Crippen molar-refractivity contribution in [2.45, 2.75) is 6.92 Å². The Morgan fingerprint density at radius 1 is 1.10 bits per heavy atom. The summed E-state index contributed by atoms with van der Waals surface area (Å²) in [4.78, 5) is 12.0. The highest BCUT2D eigenvalue weighted by atomic mass is 19.1. The third kappa shape index (κ3) is 2.97. The van der Waals surface area contributed by atoms with Crippen molar-refractivity contribution in [3.63, 3.8) is 0 Å². The molecule has 4 N–H and O–H groups in total. The molecule has 0 unspecified atom stereocenters. The molecule has 7 heteroatoms. The van der Waals surface area contributed by atoms with Crippen molar-refractivity contribution in [1.82, 2.24) is 0 Å². The number of hydrazine groups is 1. The van der Waals surface area contributed by atoms with Crippen molar-refractivity contribution in [3.8, 4) is 0 Å². The molecule has 4 nitrogen and oxygen atoms in total. The van der Waals surface area contributed by atoms with Gasteiger partial charge in [-0.15, -0.1) is 0 Å². The number of nitrogens with two attached hydrogens (primary N) is 1. The SMILES string of the molecule is Cc1cc(F)c(NC(=O)c2cccc(F)c2NN)cc1F. The molecule has 0 spiro atoms. The molecule has 0 heterocycles. The van der Waals surface area contributed by atoms with Crippen LogP contribution in [0.2, 0.25) is 0 Å². The average molecular weight is 295 g/mol. The van der Waals surface area contributed by atoms with Gasteiger partial charge in [0.15, 0.2) is 0 Å². The first-order valence-corrected chi connectivity index (χ1v) is 5.96. The van der Waals surface area contributed by atoms with Crippen LogP contribution in [-0.4, -0.2) is 5.91 Å². The number of nitrogen functional groups attached to an aromatic ring is 1. The summed E-state index contributed by atoms with van der Waals surface area (Å²) >= 11 is 0. The summed E-state index contributed by atoms with van der Waals surface area (Å²) in [6, 6.07) is 5.53. The van der Waals surface area contributed by atoms with Crippen LogP contribution in [0.3, 0.4) is 0 Å². The lowest BCUT2D eigenvalue weighted by Crippen LogP contribution is -2.19. The highest BCUT2D eigenvalue weighted by molar-refractivity contribution is 6.08. The van der Waals surface area contributed by atoms with Crippen LogP contribution in [0.25, 0.3) is 0 Å². The zero-order chi connectivity index (χ0) is 15.6. The summed E-state index contributed by atoms with van der Waals surface area (Å²) in [6.07, 6.45) is 0. The van der Waals surface area contributed by atoms with E-state index in [9.17, 15) is 18.0 Å². The van der Waals surface area contributed by atoms with Gasteiger partial charge in [-0.3, -0.25) is 10.6 Å². The zero-order valence-corrected chi connectivity index (χ0v) is 11.0. The van der Waals surface area contributed by atoms with Crippen molar-refractivity contribution < 1.29 is 18.0 Å². The smallest absolute Gasteiger partial charge is 0.258 e. The quantitative estimate of drug-likeness (QED) is 0.602. The number of hydrogen-bond donors (Lipinski definition) is 3. The minimum atomic E-state index is -0.815. The number of hydrogen-bond acceptors (Lipinski definition) is 3. The van der Waals surface area contributed by atoms with Crippen molar-refractivity contribution in [2.24, 2.45) is 5.84 Å². The van der Waals surface area contributed by atoms with Gasteiger partial charge >= 0.3 is 0 Å². The van der Waals surface area contributed by atoms with Crippen LogP contribution in [-0.2, 0) is 0 Å². The molecular weight excluding hydrogens is 283 g/mol. The molecule has 0 aromatic heterocycles. The highest BCUT2D eigenvalue weighted by Crippen LogP contribution is 2.23. The first-order chi connectivity index (χ1) is 9.93. The van der Waals surface area contributed by atoms with Gasteiger partial charge in [0.2, 0.25) is 0 Å². The average Bonchev–Trinajstić information content (AvgIpc) is 2.44. The predicted molar refractivity (Wildman–Crippen MR) is 73.3 cm³/mol. The number of anilines is 2. The summed E-state index contributed by atoms with van der Waals surface area (Å²) in [5.41, 5.74) is 1.48. The Morgan fingerprint density at radius 3 is 2.48 bits per heavy atom. The summed E-state index contributed by atoms with van der Waals surface area (Å²) in [7, 11) is 0. The Hall–Kier alpha value is -2.54. The molecule has 2 rings (SSSR count). The fourth-order valence-electron chi connectivity index (χ4n) is 1.79. The van der Waals surface area contributed by atoms with Gasteiger partial charge in [0.1, 0.15) is 17.5 Å². The number of carbonyl (C=O) groups is 1. The predicted octanol–water partition coefficient (Wildman–Crippen LogP) is 2.95. The van der Waals surface area contributed by atoms with Gasteiger partial charge in [-0.2, -0.15) is 0 Å². The number of carbonyl (C=O) groups excluding carboxylic acids is 1. The second-order valence-corrected chi connectivity index (χ2v) is 4.34. The van der Waals surface area contributed by atoms with E-state index in [0.29, 0.717) is 0 Å². The van der Waals surface area contributed by atoms with E-state index in [0.717, 1.165) is 18.2 Å². The van der Waals surface area contributed by atoms with Gasteiger partial charge in [0.25, 0.3) is 5.91 Å². The maximum absolute atomic E-state index is 13.7. The van der Waals surface area contributed by atoms with E-state index < -0.39 is 23.4 Å². The number of benzene rings is 2. The molecule has 21 heavy (non-hydrogen) atoms. The fourth-order valence-corrected chi connectivity index (χ4v) is 1.79. The number of nitrogens with one attached hydrogen (secondary N) is 2. The van der Waals surface area contributed by atoms with Crippen LogP contribution >= 0.6 is 0 Å². The van der Waals surface area contributed by atoms with Gasteiger partial charge in [-0.05, 0) is 30.7 Å². The van der Waals surface area contributed by atoms with E-state index in [2.05, 4.69) is 10.7 Å². The van der Waals surface area contributed by atoms with Crippen LogP contribution in [0, 0.1) is 24.4 Å². The van der Waals surface area contributed by atoms with Crippen LogP contribution in [0.4, 0.5) is 24.5 Å². The standard InChI is InChI=1S/C14H12F3N3O/c1-7-5-11(17)12(6-10(7)16)19-14(21)8-3-2-4-9(15)13(8)20-18/h2-6,20H,18H2,1H3,(H,19,21). The van der Waals surface area contributed by atoms with E-state index in [1.807, 2.05) is 0 Å². The minimum Gasteiger partial charge on any atom is -0.321 e. The second kappa shape index (κ2) is 5.84. The van der Waals surface area contributed by atoms with Gasteiger partial charge in [-0.1, -0.05) is 6.07 Å². The van der Waals surface area contributed by atoms with Gasteiger partial charge in [0, 0.05) is 6.07 Å². The zero-order valence-electron chi connectivity index (χ0n) is 11.0. The van der Waals surface area contributed by atoms with Gasteiger partial charge in [0.05, 0.1) is 16.9 Å². The maximum atomic E-state index is 13.7. The number of para-hydroxylation sites is 1. The molecule has 1 amide bonds. The van der Waals surface area contributed by atoms with Crippen LogP contribution in [0.5, 0.6) is 0 Å². The van der Waals surface area contributed by atoms with Crippen LogP contribution in [0.15, 0.2) is 30.3 Å². The van der Waals surface area contributed by atoms with Gasteiger partial charge in [-0.25, -0.2) is 13.2 Å². The molecule has 0 saturated carbocycles. The molecule has 0 saturated heterocycles. The third-order valence-corrected chi connectivity index (χ3v) is 2.90. The molecule has 2 aromatic rings. The Bertz CT molecular complexity index is 704. The number of amides is 1. The monoisotopic (exact) mass is 295 g/mol. The molecule has 0 bridgehead atoms. The molecule has 0 radical (unpaired) electrons. The van der Waals surface area contributed by atoms with Crippen molar-refractivity contribution in [1.29, 1.82) is 0 Å². The van der Waals surface area contributed by atoms with E-state index in [4.69, 9.17) is 5.84 Å². The van der Waals surface area contributed by atoms with Crippen molar-refractivity contribution >= 4 is 17.3 Å². The largest absolute Gasteiger partial charge is 0.321 e. The Balaban J connectivity index is 2.35. The van der Waals surface area contributed by atoms with Crippen LogP contribution in [0.1, 0.15) is 15.9 Å². The molecule has 0 aliphatic rings. The molecule has 2 aromatic carbocycles.